The highest BCUT2D eigenvalue weighted by Gasteiger charge is 2.35. The molecule has 6 heteroatoms. The molecule has 21 heavy (non-hydrogen) atoms. The second kappa shape index (κ2) is 5.47. The van der Waals surface area contributed by atoms with Crippen molar-refractivity contribution < 1.29 is 14.3 Å². The van der Waals surface area contributed by atoms with Gasteiger partial charge in [-0.05, 0) is 19.1 Å². The summed E-state index contributed by atoms with van der Waals surface area (Å²) in [7, 11) is 1.74. The van der Waals surface area contributed by atoms with Crippen molar-refractivity contribution in [2.24, 2.45) is 0 Å². The van der Waals surface area contributed by atoms with E-state index in [1.165, 1.54) is 0 Å². The first-order valence-electron chi connectivity index (χ1n) is 6.80. The largest absolute Gasteiger partial charge is 0.482 e. The monoisotopic (exact) mass is 287 g/mol. The highest BCUT2D eigenvalue weighted by molar-refractivity contribution is 5.82. The van der Waals surface area contributed by atoms with Gasteiger partial charge in [-0.25, -0.2) is 0 Å². The number of nitrogens with one attached hydrogen (secondary N) is 1. The van der Waals surface area contributed by atoms with Gasteiger partial charge in [-0.3, -0.25) is 9.89 Å². The number of nitrogens with zero attached hydrogens (tertiary/aromatic N) is 2. The Hall–Kier alpha value is -2.50. The van der Waals surface area contributed by atoms with Gasteiger partial charge in [0.2, 0.25) is 6.10 Å². The number of rotatable bonds is 3. The second-order valence-corrected chi connectivity index (χ2v) is 5.11. The van der Waals surface area contributed by atoms with E-state index in [1.807, 2.05) is 25.1 Å². The average molecular weight is 287 g/mol. The van der Waals surface area contributed by atoms with E-state index in [0.717, 1.165) is 5.56 Å². The van der Waals surface area contributed by atoms with E-state index in [0.29, 0.717) is 18.0 Å². The Bertz CT molecular complexity index is 627. The predicted molar refractivity (Wildman–Crippen MR) is 76.0 cm³/mol. The van der Waals surface area contributed by atoms with Gasteiger partial charge in [-0.2, -0.15) is 5.10 Å². The number of H-pyrrole nitrogens is 1. The number of carbonyl (C=O) groups is 1. The molecule has 0 fully saturated rings. The van der Waals surface area contributed by atoms with E-state index in [2.05, 4.69) is 10.2 Å². The van der Waals surface area contributed by atoms with E-state index in [-0.39, 0.29) is 12.0 Å². The molecule has 1 aliphatic rings. The number of benzene rings is 1. The number of hydrogen-bond donors (Lipinski definition) is 1. The minimum Gasteiger partial charge on any atom is -0.482 e. The summed E-state index contributed by atoms with van der Waals surface area (Å²) in [5, 5.41) is 6.60. The number of likely N-dealkylation sites (N-methyl/N-ethyl adjacent to an activating group) is 1. The van der Waals surface area contributed by atoms with Crippen molar-refractivity contribution in [1.82, 2.24) is 15.1 Å². The van der Waals surface area contributed by atoms with Crippen LogP contribution >= 0.6 is 0 Å². The molecule has 0 saturated heterocycles. The summed E-state index contributed by atoms with van der Waals surface area (Å²) < 4.78 is 11.6. The highest BCUT2D eigenvalue weighted by Crippen LogP contribution is 2.33. The topological polar surface area (TPSA) is 67.5 Å². The van der Waals surface area contributed by atoms with Crippen LogP contribution < -0.4 is 9.47 Å². The van der Waals surface area contributed by atoms with E-state index in [1.54, 1.807) is 30.4 Å². The Morgan fingerprint density at radius 3 is 2.71 bits per heavy atom. The number of amides is 1. The molecule has 1 aromatic carbocycles. The number of hydrogen-bond acceptors (Lipinski definition) is 4. The summed E-state index contributed by atoms with van der Waals surface area (Å²) in [5.74, 6) is 1.16. The molecule has 0 spiro atoms. The molecule has 110 valence electrons. The lowest BCUT2D eigenvalue weighted by atomic mass is 10.1. The molecule has 2 aromatic rings. The maximum atomic E-state index is 12.5. The first kappa shape index (κ1) is 13.5. The van der Waals surface area contributed by atoms with E-state index in [4.69, 9.17) is 9.47 Å². The summed E-state index contributed by atoms with van der Waals surface area (Å²) in [6.07, 6.45) is 2.48. The van der Waals surface area contributed by atoms with Crippen LogP contribution in [0.1, 0.15) is 12.5 Å². The number of aromatic amines is 1. The fourth-order valence-corrected chi connectivity index (χ4v) is 2.32. The third kappa shape index (κ3) is 2.69. The molecule has 1 aliphatic heterocycles. The first-order valence-corrected chi connectivity index (χ1v) is 6.80. The Kier molecular flexibility index (Phi) is 3.51. The number of para-hydroxylation sites is 2. The molecule has 1 amide bonds. The maximum absolute atomic E-state index is 12.5. The fourth-order valence-electron chi connectivity index (χ4n) is 2.32. The summed E-state index contributed by atoms with van der Waals surface area (Å²) in [5.41, 5.74) is 0.940. The fraction of sp³-hybridized carbons (Fsp3) is 0.333. The molecule has 2 unspecified atom stereocenters. The van der Waals surface area contributed by atoms with Crippen LogP contribution in [0.25, 0.3) is 0 Å². The lowest BCUT2D eigenvalue weighted by Gasteiger charge is -2.33. The molecule has 2 heterocycles. The van der Waals surface area contributed by atoms with E-state index >= 15 is 0 Å². The molecular weight excluding hydrogens is 270 g/mol. The van der Waals surface area contributed by atoms with Crippen molar-refractivity contribution in [2.75, 3.05) is 7.05 Å². The first-order chi connectivity index (χ1) is 10.1. The minimum atomic E-state index is -0.642. The lowest BCUT2D eigenvalue weighted by molar-refractivity contribution is -0.143. The zero-order valence-electron chi connectivity index (χ0n) is 11.9. The van der Waals surface area contributed by atoms with E-state index in [9.17, 15) is 4.79 Å². The quantitative estimate of drug-likeness (QED) is 0.931. The smallest absolute Gasteiger partial charge is 0.267 e. The minimum absolute atomic E-state index is 0.113. The Morgan fingerprint density at radius 2 is 2.05 bits per heavy atom. The number of carbonyl (C=O) groups excluding carboxylic acids is 1. The van der Waals surface area contributed by atoms with Crippen LogP contribution in [-0.2, 0) is 11.3 Å². The van der Waals surface area contributed by atoms with Crippen LogP contribution in [0.15, 0.2) is 36.7 Å². The number of aromatic nitrogens is 2. The Morgan fingerprint density at radius 1 is 1.33 bits per heavy atom. The molecule has 1 aromatic heterocycles. The van der Waals surface area contributed by atoms with Gasteiger partial charge >= 0.3 is 0 Å². The molecule has 0 saturated carbocycles. The van der Waals surface area contributed by atoms with Crippen LogP contribution in [0.2, 0.25) is 0 Å². The van der Waals surface area contributed by atoms with Crippen molar-refractivity contribution in [3.63, 3.8) is 0 Å². The van der Waals surface area contributed by atoms with Crippen LogP contribution in [0.3, 0.4) is 0 Å². The van der Waals surface area contributed by atoms with Crippen molar-refractivity contribution in [1.29, 1.82) is 0 Å². The molecule has 0 aliphatic carbocycles. The molecule has 3 rings (SSSR count). The zero-order valence-corrected chi connectivity index (χ0v) is 11.9. The Balaban J connectivity index is 1.73. The van der Waals surface area contributed by atoms with Gasteiger partial charge in [0.15, 0.2) is 11.5 Å². The van der Waals surface area contributed by atoms with Gasteiger partial charge in [0.25, 0.3) is 5.91 Å². The van der Waals surface area contributed by atoms with Gasteiger partial charge in [0, 0.05) is 25.4 Å². The highest BCUT2D eigenvalue weighted by atomic mass is 16.6. The Labute approximate surface area is 122 Å². The van der Waals surface area contributed by atoms with Gasteiger partial charge < -0.3 is 14.4 Å². The predicted octanol–water partition coefficient (Wildman–Crippen LogP) is 1.60. The lowest BCUT2D eigenvalue weighted by Crippen LogP contribution is -2.49. The number of fused-ring (bicyclic) bond motifs is 1. The van der Waals surface area contributed by atoms with Crippen LogP contribution in [0, 0.1) is 0 Å². The van der Waals surface area contributed by atoms with Crippen LogP contribution in [-0.4, -0.2) is 40.3 Å². The summed E-state index contributed by atoms with van der Waals surface area (Å²) in [4.78, 5) is 14.1. The molecule has 0 bridgehead atoms. The molecular formula is C15H17N3O3. The molecule has 6 nitrogen and oxygen atoms in total. The van der Waals surface area contributed by atoms with Crippen molar-refractivity contribution >= 4 is 5.91 Å². The SMILES string of the molecule is CC1Oc2ccccc2OC1C(=O)N(C)Cc1cn[nH]c1. The van der Waals surface area contributed by atoms with Crippen molar-refractivity contribution in [3.05, 3.63) is 42.2 Å². The van der Waals surface area contributed by atoms with E-state index < -0.39 is 6.10 Å². The third-order valence-corrected chi connectivity index (χ3v) is 3.44. The molecule has 2 atom stereocenters. The zero-order chi connectivity index (χ0) is 14.8. The molecule has 0 radical (unpaired) electrons. The van der Waals surface area contributed by atoms with Crippen LogP contribution in [0.4, 0.5) is 0 Å². The second-order valence-electron chi connectivity index (χ2n) is 5.11. The summed E-state index contributed by atoms with van der Waals surface area (Å²) in [6.45, 7) is 2.31. The molecule has 1 N–H and O–H groups in total. The normalized spacial score (nSPS) is 20.1. The average Bonchev–Trinajstić information content (AvgIpc) is 2.98. The maximum Gasteiger partial charge on any atom is 0.267 e. The van der Waals surface area contributed by atoms with Crippen molar-refractivity contribution in [2.45, 2.75) is 25.7 Å². The third-order valence-electron chi connectivity index (χ3n) is 3.44. The van der Waals surface area contributed by atoms with Gasteiger partial charge in [-0.1, -0.05) is 12.1 Å². The van der Waals surface area contributed by atoms with Crippen LogP contribution in [0.5, 0.6) is 11.5 Å². The van der Waals surface area contributed by atoms with Gasteiger partial charge in [0.05, 0.1) is 6.20 Å². The summed E-state index contributed by atoms with van der Waals surface area (Å²) >= 11 is 0. The van der Waals surface area contributed by atoms with Gasteiger partial charge in [-0.15, -0.1) is 0 Å². The summed E-state index contributed by atoms with van der Waals surface area (Å²) in [6, 6.07) is 7.37. The standard InChI is InChI=1S/C15H17N3O3/c1-10-14(21-13-6-4-3-5-12(13)20-10)15(19)18(2)9-11-7-16-17-8-11/h3-8,10,14H,9H2,1-2H3,(H,16,17). The number of ether oxygens (including phenoxy) is 2. The van der Waals surface area contributed by atoms with Gasteiger partial charge in [0.1, 0.15) is 6.10 Å². The van der Waals surface area contributed by atoms with Crippen molar-refractivity contribution in [3.8, 4) is 11.5 Å².